The number of anilines is 2. The summed E-state index contributed by atoms with van der Waals surface area (Å²) >= 11 is 0. The average molecular weight is 349 g/mol. The zero-order valence-corrected chi connectivity index (χ0v) is 13.3. The molecule has 0 atom stereocenters. The number of ether oxygens (including phenoxy) is 1. The van der Waals surface area contributed by atoms with Crippen LogP contribution in [0.1, 0.15) is 12.8 Å². The summed E-state index contributed by atoms with van der Waals surface area (Å²) in [6.45, 7) is -1.64. The van der Waals surface area contributed by atoms with Crippen LogP contribution in [-0.2, 0) is 4.79 Å². The third-order valence-corrected chi connectivity index (χ3v) is 3.97. The van der Waals surface area contributed by atoms with Crippen molar-refractivity contribution in [2.45, 2.75) is 19.5 Å². The molecular formula is C16H17F2N5O2. The highest BCUT2D eigenvalue weighted by atomic mass is 19.3. The molecule has 7 nitrogen and oxygen atoms in total. The maximum absolute atomic E-state index is 12.4. The number of pyridine rings is 1. The number of halogens is 2. The minimum absolute atomic E-state index is 0.00385. The van der Waals surface area contributed by atoms with Crippen LogP contribution in [0, 0.1) is 5.92 Å². The van der Waals surface area contributed by atoms with E-state index in [9.17, 15) is 13.6 Å². The number of nitrogens with zero attached hydrogens (tertiary/aromatic N) is 4. The quantitative estimate of drug-likeness (QED) is 0.892. The number of hydrogen-bond acceptors (Lipinski definition) is 6. The van der Waals surface area contributed by atoms with E-state index >= 15 is 0 Å². The third-order valence-electron chi connectivity index (χ3n) is 3.97. The average Bonchev–Trinajstić information content (AvgIpc) is 2.64. The summed E-state index contributed by atoms with van der Waals surface area (Å²) in [7, 11) is 0. The van der Waals surface area contributed by atoms with Crippen molar-refractivity contribution in [2.75, 3.05) is 23.3 Å². The van der Waals surface area contributed by atoms with Crippen molar-refractivity contribution in [1.82, 2.24) is 15.0 Å². The predicted octanol–water partition coefficient (Wildman–Crippen LogP) is 2.33. The molecule has 0 aliphatic carbocycles. The molecule has 3 rings (SSSR count). The van der Waals surface area contributed by atoms with E-state index in [0.29, 0.717) is 25.9 Å². The molecule has 1 aliphatic rings. The van der Waals surface area contributed by atoms with E-state index in [-0.39, 0.29) is 23.4 Å². The lowest BCUT2D eigenvalue weighted by Crippen LogP contribution is -2.38. The van der Waals surface area contributed by atoms with Gasteiger partial charge in [-0.05, 0) is 25.0 Å². The van der Waals surface area contributed by atoms with Crippen LogP contribution in [0.5, 0.6) is 5.75 Å². The normalized spacial score (nSPS) is 15.2. The Morgan fingerprint density at radius 1 is 1.24 bits per heavy atom. The molecule has 0 spiro atoms. The number of nitrogens with one attached hydrogen (secondary N) is 1. The molecule has 1 aliphatic heterocycles. The van der Waals surface area contributed by atoms with Crippen LogP contribution in [0.2, 0.25) is 0 Å². The van der Waals surface area contributed by atoms with Gasteiger partial charge in [0.25, 0.3) is 0 Å². The Labute approximate surface area is 143 Å². The van der Waals surface area contributed by atoms with E-state index in [1.165, 1.54) is 18.3 Å². The number of carbonyl (C=O) groups excluding carboxylic acids is 1. The summed E-state index contributed by atoms with van der Waals surface area (Å²) in [5.41, 5.74) is 0. The van der Waals surface area contributed by atoms with Gasteiger partial charge in [-0.1, -0.05) is 0 Å². The molecule has 0 radical (unpaired) electrons. The zero-order valence-electron chi connectivity index (χ0n) is 13.3. The molecule has 0 saturated carbocycles. The topological polar surface area (TPSA) is 80.2 Å². The van der Waals surface area contributed by atoms with Crippen molar-refractivity contribution in [2.24, 2.45) is 5.92 Å². The van der Waals surface area contributed by atoms with Crippen LogP contribution in [0.4, 0.5) is 20.4 Å². The van der Waals surface area contributed by atoms with Crippen LogP contribution in [-0.4, -0.2) is 40.6 Å². The van der Waals surface area contributed by atoms with Gasteiger partial charge in [0.05, 0.1) is 6.20 Å². The van der Waals surface area contributed by atoms with E-state index < -0.39 is 6.61 Å². The van der Waals surface area contributed by atoms with E-state index in [4.69, 9.17) is 0 Å². The molecular weight excluding hydrogens is 332 g/mol. The van der Waals surface area contributed by atoms with Gasteiger partial charge in [-0.25, -0.2) is 9.97 Å². The molecule has 0 bridgehead atoms. The zero-order chi connectivity index (χ0) is 17.6. The summed E-state index contributed by atoms with van der Waals surface area (Å²) in [6, 6.07) is 2.80. The Balaban J connectivity index is 1.58. The number of carbonyl (C=O) groups is 1. The Bertz CT molecular complexity index is 709. The number of hydrogen-bond donors (Lipinski definition) is 1. The van der Waals surface area contributed by atoms with Crippen molar-refractivity contribution in [3.63, 3.8) is 0 Å². The van der Waals surface area contributed by atoms with Gasteiger partial charge in [0.1, 0.15) is 5.82 Å². The summed E-state index contributed by atoms with van der Waals surface area (Å²) in [6.07, 6.45) is 7.57. The fourth-order valence-corrected chi connectivity index (χ4v) is 2.72. The standard InChI is InChI=1S/C16H17F2N5O2/c17-16(18)25-12-2-1-5-21-14(12)22-15(24)11-3-8-23(9-4-11)13-10-19-6-7-20-13/h1-2,5-7,10-11,16H,3-4,8-9H2,(H,21,22,24). The van der Waals surface area contributed by atoms with E-state index in [0.717, 1.165) is 5.82 Å². The van der Waals surface area contributed by atoms with Crippen molar-refractivity contribution in [3.8, 4) is 5.75 Å². The molecule has 1 saturated heterocycles. The fourth-order valence-electron chi connectivity index (χ4n) is 2.72. The number of amides is 1. The van der Waals surface area contributed by atoms with Gasteiger partial charge in [0.2, 0.25) is 5.91 Å². The number of piperidine rings is 1. The Morgan fingerprint density at radius 3 is 2.72 bits per heavy atom. The van der Waals surface area contributed by atoms with Crippen LogP contribution in [0.15, 0.2) is 36.9 Å². The second kappa shape index (κ2) is 7.82. The molecule has 1 fully saturated rings. The molecule has 25 heavy (non-hydrogen) atoms. The highest BCUT2D eigenvalue weighted by Crippen LogP contribution is 2.26. The largest absolute Gasteiger partial charge is 0.431 e. The van der Waals surface area contributed by atoms with Crippen LogP contribution >= 0.6 is 0 Å². The van der Waals surface area contributed by atoms with E-state index in [2.05, 4.69) is 29.9 Å². The first-order chi connectivity index (χ1) is 12.1. The predicted molar refractivity (Wildman–Crippen MR) is 86.5 cm³/mol. The lowest BCUT2D eigenvalue weighted by atomic mass is 9.96. The van der Waals surface area contributed by atoms with Gasteiger partial charge in [0.15, 0.2) is 11.6 Å². The number of alkyl halides is 2. The Kier molecular flexibility index (Phi) is 5.32. The lowest BCUT2D eigenvalue weighted by Gasteiger charge is -2.31. The molecule has 0 unspecified atom stereocenters. The van der Waals surface area contributed by atoms with E-state index in [1.54, 1.807) is 18.6 Å². The van der Waals surface area contributed by atoms with Gasteiger partial charge in [-0.2, -0.15) is 8.78 Å². The molecule has 3 heterocycles. The molecule has 0 aromatic carbocycles. The van der Waals surface area contributed by atoms with Crippen LogP contribution in [0.25, 0.3) is 0 Å². The van der Waals surface area contributed by atoms with Crippen molar-refractivity contribution >= 4 is 17.5 Å². The molecule has 1 N–H and O–H groups in total. The summed E-state index contributed by atoms with van der Waals surface area (Å²) in [4.78, 5) is 26.7. The number of rotatable bonds is 5. The van der Waals surface area contributed by atoms with Gasteiger partial charge in [0, 0.05) is 37.6 Å². The first-order valence-corrected chi connectivity index (χ1v) is 7.85. The van der Waals surface area contributed by atoms with Crippen molar-refractivity contribution in [1.29, 1.82) is 0 Å². The molecule has 2 aromatic heterocycles. The highest BCUT2D eigenvalue weighted by Gasteiger charge is 2.26. The summed E-state index contributed by atoms with van der Waals surface area (Å²) < 4.78 is 29.2. The smallest absolute Gasteiger partial charge is 0.387 e. The first kappa shape index (κ1) is 17.0. The number of aromatic nitrogens is 3. The molecule has 1 amide bonds. The fraction of sp³-hybridized carbons (Fsp3) is 0.375. The third kappa shape index (κ3) is 4.37. The van der Waals surface area contributed by atoms with E-state index in [1.807, 2.05) is 0 Å². The van der Waals surface area contributed by atoms with Gasteiger partial charge in [-0.3, -0.25) is 9.78 Å². The van der Waals surface area contributed by atoms with Gasteiger partial charge >= 0.3 is 6.61 Å². The van der Waals surface area contributed by atoms with Gasteiger partial charge < -0.3 is 15.0 Å². The highest BCUT2D eigenvalue weighted by molar-refractivity contribution is 5.93. The van der Waals surface area contributed by atoms with Crippen molar-refractivity contribution < 1.29 is 18.3 Å². The second-order valence-corrected chi connectivity index (χ2v) is 5.54. The minimum atomic E-state index is -2.98. The Hall–Kier alpha value is -2.84. The summed E-state index contributed by atoms with van der Waals surface area (Å²) in [5.74, 6) is 0.150. The van der Waals surface area contributed by atoms with Crippen molar-refractivity contribution in [3.05, 3.63) is 36.9 Å². The van der Waals surface area contributed by atoms with Crippen LogP contribution in [0.3, 0.4) is 0 Å². The Morgan fingerprint density at radius 2 is 2.04 bits per heavy atom. The first-order valence-electron chi connectivity index (χ1n) is 7.85. The second-order valence-electron chi connectivity index (χ2n) is 5.54. The monoisotopic (exact) mass is 349 g/mol. The SMILES string of the molecule is O=C(Nc1ncccc1OC(F)F)C1CCN(c2cnccn2)CC1. The molecule has 2 aromatic rings. The molecule has 132 valence electrons. The lowest BCUT2D eigenvalue weighted by molar-refractivity contribution is -0.120. The van der Waals surface area contributed by atoms with Crippen LogP contribution < -0.4 is 15.0 Å². The maximum Gasteiger partial charge on any atom is 0.387 e. The molecule has 9 heteroatoms. The summed E-state index contributed by atoms with van der Waals surface area (Å²) in [5, 5.41) is 2.59. The maximum atomic E-state index is 12.4. The van der Waals surface area contributed by atoms with Gasteiger partial charge in [-0.15, -0.1) is 0 Å². The minimum Gasteiger partial charge on any atom is -0.431 e.